The van der Waals surface area contributed by atoms with Crippen LogP contribution in [0.1, 0.15) is 33.0 Å². The molecule has 1 aliphatic rings. The number of ether oxygens (including phenoxy) is 1. The fraction of sp³-hybridized carbons (Fsp3) is 0.846. The second kappa shape index (κ2) is 5.36. The second-order valence-electron chi connectivity index (χ2n) is 5.62. The Labute approximate surface area is 109 Å². The Kier molecular flexibility index (Phi) is 4.02. The van der Waals surface area contributed by atoms with Crippen LogP contribution in [0.4, 0.5) is 0 Å². The molecule has 0 saturated heterocycles. The summed E-state index contributed by atoms with van der Waals surface area (Å²) in [5.41, 5.74) is 0.232. The van der Waals surface area contributed by atoms with Gasteiger partial charge in [-0.25, -0.2) is 0 Å². The molecule has 1 N–H and O–H groups in total. The Morgan fingerprint density at radius 1 is 1.56 bits per heavy atom. The molecule has 1 saturated carbocycles. The SMILES string of the molecule is CCOC1CC(NCCc2nncn2C)C1(C)C. The monoisotopic (exact) mass is 252 g/mol. The molecule has 1 aromatic rings. The summed E-state index contributed by atoms with van der Waals surface area (Å²) in [6, 6.07) is 0.544. The van der Waals surface area contributed by atoms with Crippen LogP contribution in [-0.2, 0) is 18.2 Å². The number of nitrogens with one attached hydrogen (secondary N) is 1. The molecule has 0 aliphatic heterocycles. The smallest absolute Gasteiger partial charge is 0.133 e. The Morgan fingerprint density at radius 3 is 2.89 bits per heavy atom. The normalized spacial score (nSPS) is 26.0. The molecular formula is C13H24N4O. The molecule has 0 bridgehead atoms. The van der Waals surface area contributed by atoms with Crippen molar-refractivity contribution < 1.29 is 4.74 Å². The Morgan fingerprint density at radius 2 is 2.33 bits per heavy atom. The molecule has 0 aromatic carbocycles. The quantitative estimate of drug-likeness (QED) is 0.825. The van der Waals surface area contributed by atoms with Gasteiger partial charge in [0, 0.05) is 38.1 Å². The molecule has 1 fully saturated rings. The number of rotatable bonds is 6. The van der Waals surface area contributed by atoms with Crippen molar-refractivity contribution in [2.45, 2.75) is 45.8 Å². The molecule has 2 rings (SSSR count). The third-order valence-corrected chi connectivity index (χ3v) is 4.09. The zero-order chi connectivity index (χ0) is 13.2. The Hall–Kier alpha value is -0.940. The molecule has 5 nitrogen and oxygen atoms in total. The molecule has 1 heterocycles. The fourth-order valence-electron chi connectivity index (χ4n) is 2.61. The van der Waals surface area contributed by atoms with Crippen molar-refractivity contribution in [2.24, 2.45) is 12.5 Å². The minimum Gasteiger partial charge on any atom is -0.378 e. The second-order valence-corrected chi connectivity index (χ2v) is 5.62. The van der Waals surface area contributed by atoms with E-state index in [0.29, 0.717) is 12.1 Å². The fourth-order valence-corrected chi connectivity index (χ4v) is 2.61. The van der Waals surface area contributed by atoms with Crippen LogP contribution in [0, 0.1) is 5.41 Å². The van der Waals surface area contributed by atoms with Gasteiger partial charge in [0.15, 0.2) is 0 Å². The summed E-state index contributed by atoms with van der Waals surface area (Å²) in [5, 5.41) is 11.6. The first-order valence-electron chi connectivity index (χ1n) is 6.73. The summed E-state index contributed by atoms with van der Waals surface area (Å²) in [6.45, 7) is 8.36. The van der Waals surface area contributed by atoms with Gasteiger partial charge in [-0.05, 0) is 13.3 Å². The van der Waals surface area contributed by atoms with Gasteiger partial charge in [-0.2, -0.15) is 0 Å². The average Bonchev–Trinajstić information content (AvgIpc) is 2.73. The first kappa shape index (κ1) is 13.5. The molecule has 0 radical (unpaired) electrons. The minimum atomic E-state index is 0.232. The molecule has 18 heavy (non-hydrogen) atoms. The first-order chi connectivity index (χ1) is 8.55. The first-order valence-corrected chi connectivity index (χ1v) is 6.73. The molecular weight excluding hydrogens is 228 g/mol. The lowest BCUT2D eigenvalue weighted by Gasteiger charge is -2.52. The summed E-state index contributed by atoms with van der Waals surface area (Å²) in [5.74, 6) is 1.03. The van der Waals surface area contributed by atoms with Crippen LogP contribution in [0.15, 0.2) is 6.33 Å². The summed E-state index contributed by atoms with van der Waals surface area (Å²) >= 11 is 0. The highest BCUT2D eigenvalue weighted by molar-refractivity contribution is 5.03. The highest BCUT2D eigenvalue weighted by atomic mass is 16.5. The Bertz CT molecular complexity index is 388. The number of hydrogen-bond donors (Lipinski definition) is 1. The standard InChI is InChI=1S/C13H24N4O/c1-5-18-11-8-10(13(11,2)3)14-7-6-12-16-15-9-17(12)4/h9-11,14H,5-8H2,1-4H3. The van der Waals surface area contributed by atoms with Gasteiger partial charge in [0.2, 0.25) is 0 Å². The molecule has 2 atom stereocenters. The van der Waals surface area contributed by atoms with Crippen LogP contribution in [0.2, 0.25) is 0 Å². The van der Waals surface area contributed by atoms with Crippen LogP contribution < -0.4 is 5.32 Å². The van der Waals surface area contributed by atoms with Crippen molar-refractivity contribution in [3.63, 3.8) is 0 Å². The Balaban J connectivity index is 1.74. The van der Waals surface area contributed by atoms with Gasteiger partial charge in [-0.3, -0.25) is 0 Å². The van der Waals surface area contributed by atoms with Crippen molar-refractivity contribution in [2.75, 3.05) is 13.2 Å². The summed E-state index contributed by atoms with van der Waals surface area (Å²) in [4.78, 5) is 0. The molecule has 0 spiro atoms. The van der Waals surface area contributed by atoms with Gasteiger partial charge < -0.3 is 14.6 Å². The van der Waals surface area contributed by atoms with Crippen molar-refractivity contribution in [3.8, 4) is 0 Å². The van der Waals surface area contributed by atoms with Gasteiger partial charge >= 0.3 is 0 Å². The lowest BCUT2D eigenvalue weighted by atomic mass is 9.64. The van der Waals surface area contributed by atoms with E-state index in [2.05, 4.69) is 36.3 Å². The van der Waals surface area contributed by atoms with E-state index < -0.39 is 0 Å². The zero-order valence-electron chi connectivity index (χ0n) is 11.8. The van der Waals surface area contributed by atoms with Gasteiger partial charge in [-0.1, -0.05) is 13.8 Å². The molecule has 102 valence electrons. The van der Waals surface area contributed by atoms with E-state index in [4.69, 9.17) is 4.74 Å². The number of aryl methyl sites for hydroxylation is 1. The van der Waals surface area contributed by atoms with E-state index in [0.717, 1.165) is 31.8 Å². The maximum atomic E-state index is 5.73. The van der Waals surface area contributed by atoms with Gasteiger partial charge in [-0.15, -0.1) is 10.2 Å². The van der Waals surface area contributed by atoms with E-state index in [1.165, 1.54) is 0 Å². The maximum absolute atomic E-state index is 5.73. The van der Waals surface area contributed by atoms with Crippen LogP contribution in [0.5, 0.6) is 0 Å². The summed E-state index contributed by atoms with van der Waals surface area (Å²) in [6.07, 6.45) is 4.17. The van der Waals surface area contributed by atoms with E-state index >= 15 is 0 Å². The van der Waals surface area contributed by atoms with Crippen molar-refractivity contribution in [1.82, 2.24) is 20.1 Å². The summed E-state index contributed by atoms with van der Waals surface area (Å²) in [7, 11) is 1.98. The van der Waals surface area contributed by atoms with Crippen molar-refractivity contribution in [1.29, 1.82) is 0 Å². The molecule has 1 aromatic heterocycles. The van der Waals surface area contributed by atoms with Gasteiger partial charge in [0.05, 0.1) is 6.10 Å². The van der Waals surface area contributed by atoms with E-state index in [1.807, 2.05) is 11.6 Å². The number of hydrogen-bond acceptors (Lipinski definition) is 4. The molecule has 0 amide bonds. The number of nitrogens with zero attached hydrogens (tertiary/aromatic N) is 3. The van der Waals surface area contributed by atoms with Gasteiger partial charge in [0.25, 0.3) is 0 Å². The molecule has 5 heteroatoms. The van der Waals surface area contributed by atoms with Crippen LogP contribution in [-0.4, -0.2) is 40.1 Å². The van der Waals surface area contributed by atoms with Crippen LogP contribution >= 0.6 is 0 Å². The highest BCUT2D eigenvalue weighted by Crippen LogP contribution is 2.42. The molecule has 1 aliphatic carbocycles. The van der Waals surface area contributed by atoms with E-state index in [-0.39, 0.29) is 5.41 Å². The maximum Gasteiger partial charge on any atom is 0.133 e. The van der Waals surface area contributed by atoms with Crippen molar-refractivity contribution >= 4 is 0 Å². The average molecular weight is 252 g/mol. The third-order valence-electron chi connectivity index (χ3n) is 4.09. The van der Waals surface area contributed by atoms with Crippen LogP contribution in [0.3, 0.4) is 0 Å². The van der Waals surface area contributed by atoms with E-state index in [1.54, 1.807) is 6.33 Å². The van der Waals surface area contributed by atoms with E-state index in [9.17, 15) is 0 Å². The van der Waals surface area contributed by atoms with Crippen molar-refractivity contribution in [3.05, 3.63) is 12.2 Å². The van der Waals surface area contributed by atoms with Gasteiger partial charge in [0.1, 0.15) is 12.2 Å². The largest absolute Gasteiger partial charge is 0.378 e. The zero-order valence-corrected chi connectivity index (χ0v) is 11.8. The highest BCUT2D eigenvalue weighted by Gasteiger charge is 2.48. The number of aromatic nitrogens is 3. The lowest BCUT2D eigenvalue weighted by molar-refractivity contribution is -0.113. The predicted octanol–water partition coefficient (Wildman–Crippen LogP) is 1.15. The topological polar surface area (TPSA) is 52.0 Å². The third kappa shape index (κ3) is 2.57. The van der Waals surface area contributed by atoms with Crippen LogP contribution in [0.25, 0.3) is 0 Å². The lowest BCUT2D eigenvalue weighted by Crippen LogP contribution is -2.61. The summed E-state index contributed by atoms with van der Waals surface area (Å²) < 4.78 is 7.70. The minimum absolute atomic E-state index is 0.232. The molecule has 2 unspecified atom stereocenters. The predicted molar refractivity (Wildman–Crippen MR) is 70.3 cm³/mol.